The lowest BCUT2D eigenvalue weighted by molar-refractivity contribution is 0.0195. The van der Waals surface area contributed by atoms with Gasteiger partial charge in [0.05, 0.1) is 25.5 Å². The number of rotatable bonds is 5. The summed E-state index contributed by atoms with van der Waals surface area (Å²) in [7, 11) is -3.03. The summed E-state index contributed by atoms with van der Waals surface area (Å²) in [5, 5.41) is 3.36. The van der Waals surface area contributed by atoms with Crippen LogP contribution < -0.4 is 5.32 Å². The van der Waals surface area contributed by atoms with E-state index < -0.39 is 10.0 Å². The van der Waals surface area contributed by atoms with Crippen molar-refractivity contribution < 1.29 is 13.2 Å². The zero-order chi connectivity index (χ0) is 17.7. The molecule has 3 aliphatic rings. The standard InChI is InChI=1S/C16H31N5O3S/c1-2-17-16(18-5-8-21-6-3-13-25(21,22)23)20-7-4-15(14-20)19-9-11-24-12-10-19/h15H,2-14H2,1H3,(H,17,18). The molecule has 0 spiro atoms. The van der Waals surface area contributed by atoms with Crippen LogP contribution in [0.4, 0.5) is 0 Å². The van der Waals surface area contributed by atoms with E-state index in [0.717, 1.165) is 64.7 Å². The molecule has 0 bridgehead atoms. The van der Waals surface area contributed by atoms with Gasteiger partial charge in [0.2, 0.25) is 10.0 Å². The smallest absolute Gasteiger partial charge is 0.214 e. The second kappa shape index (κ2) is 8.66. The van der Waals surface area contributed by atoms with Crippen LogP contribution in [0.1, 0.15) is 19.8 Å². The second-order valence-electron chi connectivity index (χ2n) is 6.84. The van der Waals surface area contributed by atoms with Gasteiger partial charge in [0.1, 0.15) is 0 Å². The van der Waals surface area contributed by atoms with Crippen LogP contribution >= 0.6 is 0 Å². The van der Waals surface area contributed by atoms with Crippen LogP contribution in [0.25, 0.3) is 0 Å². The van der Waals surface area contributed by atoms with E-state index in [1.54, 1.807) is 4.31 Å². The van der Waals surface area contributed by atoms with Crippen molar-refractivity contribution in [3.63, 3.8) is 0 Å². The number of aliphatic imine (C=N–C) groups is 1. The molecule has 1 atom stereocenters. The minimum atomic E-state index is -3.03. The minimum Gasteiger partial charge on any atom is -0.379 e. The number of nitrogens with one attached hydrogen (secondary N) is 1. The van der Waals surface area contributed by atoms with Crippen molar-refractivity contribution in [2.45, 2.75) is 25.8 Å². The quantitative estimate of drug-likeness (QED) is 0.512. The van der Waals surface area contributed by atoms with E-state index in [-0.39, 0.29) is 5.75 Å². The maximum atomic E-state index is 11.9. The first-order valence-corrected chi connectivity index (χ1v) is 11.0. The van der Waals surface area contributed by atoms with E-state index in [1.807, 2.05) is 0 Å². The molecule has 25 heavy (non-hydrogen) atoms. The normalized spacial score (nSPS) is 28.6. The van der Waals surface area contributed by atoms with Gasteiger partial charge in [-0.1, -0.05) is 0 Å². The molecule has 0 amide bonds. The summed E-state index contributed by atoms with van der Waals surface area (Å²) in [5.74, 6) is 1.19. The molecule has 3 aliphatic heterocycles. The Kier molecular flexibility index (Phi) is 6.54. The van der Waals surface area contributed by atoms with Crippen LogP contribution in [0.3, 0.4) is 0 Å². The number of ether oxygens (including phenoxy) is 1. The molecule has 0 saturated carbocycles. The van der Waals surface area contributed by atoms with Gasteiger partial charge < -0.3 is 15.0 Å². The highest BCUT2D eigenvalue weighted by Gasteiger charge is 2.31. The number of hydrogen-bond acceptors (Lipinski definition) is 5. The summed E-state index contributed by atoms with van der Waals surface area (Å²) in [6.45, 7) is 10.2. The Labute approximate surface area is 151 Å². The Hall–Kier alpha value is -0.900. The number of guanidine groups is 1. The van der Waals surface area contributed by atoms with Crippen molar-refractivity contribution in [1.29, 1.82) is 0 Å². The van der Waals surface area contributed by atoms with Crippen molar-refractivity contribution in [3.05, 3.63) is 0 Å². The summed E-state index contributed by atoms with van der Waals surface area (Å²) in [6, 6.07) is 0.562. The van der Waals surface area contributed by atoms with E-state index >= 15 is 0 Å². The van der Waals surface area contributed by atoms with Gasteiger partial charge in [-0.15, -0.1) is 0 Å². The lowest BCUT2D eigenvalue weighted by Gasteiger charge is -2.32. The molecule has 1 N–H and O–H groups in total. The average molecular weight is 374 g/mol. The number of morpholine rings is 1. The molecule has 3 saturated heterocycles. The zero-order valence-corrected chi connectivity index (χ0v) is 16.0. The highest BCUT2D eigenvalue weighted by Crippen LogP contribution is 2.17. The lowest BCUT2D eigenvalue weighted by atomic mass is 10.2. The zero-order valence-electron chi connectivity index (χ0n) is 15.2. The summed E-state index contributed by atoms with van der Waals surface area (Å²) in [6.07, 6.45) is 1.88. The molecule has 9 heteroatoms. The fraction of sp³-hybridized carbons (Fsp3) is 0.938. The van der Waals surface area contributed by atoms with Gasteiger partial charge in [-0.2, -0.15) is 0 Å². The number of likely N-dealkylation sites (tertiary alicyclic amines) is 1. The largest absolute Gasteiger partial charge is 0.379 e. The topological polar surface area (TPSA) is 77.5 Å². The first-order chi connectivity index (χ1) is 12.1. The molecule has 0 aromatic rings. The summed E-state index contributed by atoms with van der Waals surface area (Å²) in [5.41, 5.74) is 0. The number of sulfonamides is 1. The first-order valence-electron chi connectivity index (χ1n) is 9.43. The van der Waals surface area contributed by atoms with E-state index in [0.29, 0.717) is 25.7 Å². The van der Waals surface area contributed by atoms with Crippen molar-refractivity contribution in [1.82, 2.24) is 19.4 Å². The van der Waals surface area contributed by atoms with Gasteiger partial charge in [0.15, 0.2) is 5.96 Å². The summed E-state index contributed by atoms with van der Waals surface area (Å²) >= 11 is 0. The Bertz CT molecular complexity index is 562. The third-order valence-corrected chi connectivity index (χ3v) is 7.13. The average Bonchev–Trinajstić information content (AvgIpc) is 3.22. The molecule has 1 unspecified atom stereocenters. The number of hydrogen-bond donors (Lipinski definition) is 1. The summed E-state index contributed by atoms with van der Waals surface area (Å²) in [4.78, 5) is 9.51. The Balaban J connectivity index is 1.53. The predicted octanol–water partition coefficient (Wildman–Crippen LogP) is -0.606. The van der Waals surface area contributed by atoms with Gasteiger partial charge in [-0.25, -0.2) is 12.7 Å². The van der Waals surface area contributed by atoms with Gasteiger partial charge in [-0.3, -0.25) is 9.89 Å². The number of nitrogens with zero attached hydrogens (tertiary/aromatic N) is 4. The third kappa shape index (κ3) is 4.84. The van der Waals surface area contributed by atoms with Gasteiger partial charge >= 0.3 is 0 Å². The fourth-order valence-electron chi connectivity index (χ4n) is 3.81. The van der Waals surface area contributed by atoms with E-state index in [2.05, 4.69) is 27.0 Å². The highest BCUT2D eigenvalue weighted by atomic mass is 32.2. The first kappa shape index (κ1) is 18.9. The van der Waals surface area contributed by atoms with Gasteiger partial charge in [0.25, 0.3) is 0 Å². The maximum Gasteiger partial charge on any atom is 0.214 e. The van der Waals surface area contributed by atoms with Crippen molar-refractivity contribution in [2.24, 2.45) is 4.99 Å². The van der Waals surface area contributed by atoms with Crippen molar-refractivity contribution in [3.8, 4) is 0 Å². The molecule has 0 radical (unpaired) electrons. The van der Waals surface area contributed by atoms with Gasteiger partial charge in [-0.05, 0) is 19.8 Å². The Morgan fingerprint density at radius 3 is 2.72 bits per heavy atom. The van der Waals surface area contributed by atoms with E-state index in [1.165, 1.54) is 0 Å². The van der Waals surface area contributed by atoms with E-state index in [4.69, 9.17) is 4.74 Å². The molecular weight excluding hydrogens is 342 g/mol. The predicted molar refractivity (Wildman–Crippen MR) is 98.3 cm³/mol. The molecule has 0 aliphatic carbocycles. The molecule has 0 aromatic heterocycles. The van der Waals surface area contributed by atoms with Crippen LogP contribution in [-0.2, 0) is 14.8 Å². The molecule has 3 heterocycles. The maximum absolute atomic E-state index is 11.9. The van der Waals surface area contributed by atoms with Crippen LogP contribution in [-0.4, -0.2) is 106 Å². The fourth-order valence-corrected chi connectivity index (χ4v) is 5.33. The molecule has 0 aromatic carbocycles. The Morgan fingerprint density at radius 1 is 1.24 bits per heavy atom. The second-order valence-corrected chi connectivity index (χ2v) is 8.93. The minimum absolute atomic E-state index is 0.282. The monoisotopic (exact) mass is 373 g/mol. The summed E-state index contributed by atoms with van der Waals surface area (Å²) < 4.78 is 30.8. The molecule has 8 nitrogen and oxygen atoms in total. The Morgan fingerprint density at radius 2 is 2.04 bits per heavy atom. The van der Waals surface area contributed by atoms with E-state index in [9.17, 15) is 8.42 Å². The van der Waals surface area contributed by atoms with Crippen molar-refractivity contribution in [2.75, 3.05) is 71.3 Å². The SMILES string of the molecule is CCNC(=NCCN1CCCS1(=O)=O)N1CCC(N2CCOCC2)C1. The highest BCUT2D eigenvalue weighted by molar-refractivity contribution is 7.89. The molecule has 144 valence electrons. The van der Waals surface area contributed by atoms with Gasteiger partial charge in [0, 0.05) is 51.9 Å². The third-order valence-electron chi connectivity index (χ3n) is 5.17. The lowest BCUT2D eigenvalue weighted by Crippen LogP contribution is -2.46. The van der Waals surface area contributed by atoms with Crippen LogP contribution in [0.5, 0.6) is 0 Å². The molecular formula is C16H31N5O3S. The van der Waals surface area contributed by atoms with Crippen molar-refractivity contribution >= 4 is 16.0 Å². The molecule has 3 fully saturated rings. The molecule has 3 rings (SSSR count). The van der Waals surface area contributed by atoms with Crippen LogP contribution in [0, 0.1) is 0 Å². The van der Waals surface area contributed by atoms with Crippen LogP contribution in [0.15, 0.2) is 4.99 Å². The van der Waals surface area contributed by atoms with Crippen LogP contribution in [0.2, 0.25) is 0 Å².